The minimum Gasteiger partial charge on any atom is -0.467 e. The summed E-state index contributed by atoms with van der Waals surface area (Å²) in [6.07, 6.45) is -5.96. The zero-order valence-electron chi connectivity index (χ0n) is 19.9. The number of esters is 1. The minimum atomic E-state index is -4.91. The van der Waals surface area contributed by atoms with Crippen LogP contribution in [-0.2, 0) is 30.2 Å². The number of anilines is 1. The van der Waals surface area contributed by atoms with Crippen LogP contribution >= 0.6 is 11.6 Å². The Morgan fingerprint density at radius 2 is 1.76 bits per heavy atom. The molecule has 0 saturated carbocycles. The van der Waals surface area contributed by atoms with Crippen molar-refractivity contribution in [3.05, 3.63) is 58.6 Å². The molecule has 0 bridgehead atoms. The van der Waals surface area contributed by atoms with Gasteiger partial charge in [0.15, 0.2) is 0 Å². The van der Waals surface area contributed by atoms with E-state index in [1.165, 1.54) is 7.11 Å². The van der Waals surface area contributed by atoms with Crippen molar-refractivity contribution < 1.29 is 46.5 Å². The topological polar surface area (TPSA) is 104 Å². The Balaban J connectivity index is 1.98. The normalized spacial score (nSPS) is 17.8. The molecule has 2 aromatic rings. The van der Waals surface area contributed by atoms with Gasteiger partial charge in [0.1, 0.15) is 12.3 Å². The van der Waals surface area contributed by atoms with Crippen LogP contribution in [0.15, 0.2) is 47.5 Å². The van der Waals surface area contributed by atoms with E-state index in [1.54, 1.807) is 25.1 Å². The van der Waals surface area contributed by atoms with Crippen LogP contribution in [0.4, 0.5) is 23.7 Å². The highest BCUT2D eigenvalue weighted by Gasteiger charge is 2.52. The fourth-order valence-electron chi connectivity index (χ4n) is 3.94. The first-order valence-corrected chi connectivity index (χ1v) is 11.2. The molecule has 0 aromatic heterocycles. The van der Waals surface area contributed by atoms with Crippen LogP contribution in [0.5, 0.6) is 5.75 Å². The predicted octanol–water partition coefficient (Wildman–Crippen LogP) is 4.33. The van der Waals surface area contributed by atoms with Gasteiger partial charge in [0, 0.05) is 23.6 Å². The molecule has 0 spiro atoms. The number of amides is 2. The quantitative estimate of drug-likeness (QED) is 0.480. The van der Waals surface area contributed by atoms with Gasteiger partial charge in [0.25, 0.3) is 5.91 Å². The summed E-state index contributed by atoms with van der Waals surface area (Å²) in [6, 6.07) is 8.88. The Morgan fingerprint density at radius 1 is 1.08 bits per heavy atom. The third-order valence-electron chi connectivity index (χ3n) is 5.36. The highest BCUT2D eigenvalue weighted by molar-refractivity contribution is 6.31. The minimum absolute atomic E-state index is 0.0534. The Bertz CT molecular complexity index is 1220. The zero-order chi connectivity index (χ0) is 27.4. The van der Waals surface area contributed by atoms with Crippen molar-refractivity contribution in [2.75, 3.05) is 32.3 Å². The molecule has 198 valence electrons. The van der Waals surface area contributed by atoms with Gasteiger partial charge in [0.2, 0.25) is 5.60 Å². The smallest absolute Gasteiger partial charge is 0.467 e. The SMILES string of the molecule is CCOC1(C(=O)OC)Cc2cc(Cl)ccc2/C1=N/CC(=O)N(C(=O)OC)c1ccc(OC(F)(F)F)cc1. The van der Waals surface area contributed by atoms with E-state index in [1.807, 2.05) is 0 Å². The first kappa shape index (κ1) is 27.9. The fraction of sp³-hybridized carbons (Fsp3) is 0.333. The molecule has 0 saturated heterocycles. The summed E-state index contributed by atoms with van der Waals surface area (Å²) in [6.45, 7) is 1.15. The summed E-state index contributed by atoms with van der Waals surface area (Å²) in [7, 11) is 2.22. The molecule has 37 heavy (non-hydrogen) atoms. The van der Waals surface area contributed by atoms with Gasteiger partial charge in [0.05, 0.1) is 25.6 Å². The molecule has 0 fully saturated rings. The molecule has 9 nitrogen and oxygen atoms in total. The average molecular weight is 543 g/mol. The summed E-state index contributed by atoms with van der Waals surface area (Å²) in [4.78, 5) is 43.3. The number of aliphatic imine (C=N–C) groups is 1. The number of halogens is 4. The summed E-state index contributed by atoms with van der Waals surface area (Å²) in [5.74, 6) is -2.17. The molecular weight excluding hydrogens is 521 g/mol. The van der Waals surface area contributed by atoms with E-state index >= 15 is 0 Å². The number of imide groups is 1. The Kier molecular flexibility index (Phi) is 8.44. The van der Waals surface area contributed by atoms with Crippen molar-refractivity contribution >= 4 is 41.0 Å². The highest BCUT2D eigenvalue weighted by Crippen LogP contribution is 2.36. The number of rotatable bonds is 7. The molecule has 0 heterocycles. The van der Waals surface area contributed by atoms with E-state index in [0.29, 0.717) is 21.0 Å². The number of fused-ring (bicyclic) bond motifs is 1. The lowest BCUT2D eigenvalue weighted by molar-refractivity contribution is -0.274. The van der Waals surface area contributed by atoms with E-state index in [4.69, 9.17) is 21.1 Å². The Morgan fingerprint density at radius 3 is 2.32 bits per heavy atom. The van der Waals surface area contributed by atoms with Crippen LogP contribution in [0.2, 0.25) is 5.02 Å². The van der Waals surface area contributed by atoms with Crippen LogP contribution in [0.3, 0.4) is 0 Å². The molecule has 1 aliphatic rings. The van der Waals surface area contributed by atoms with Gasteiger partial charge >= 0.3 is 18.4 Å². The lowest BCUT2D eigenvalue weighted by atomic mass is 9.97. The first-order valence-electron chi connectivity index (χ1n) is 10.8. The summed E-state index contributed by atoms with van der Waals surface area (Å²) < 4.78 is 56.6. The van der Waals surface area contributed by atoms with E-state index in [0.717, 1.165) is 31.4 Å². The monoisotopic (exact) mass is 542 g/mol. The number of hydrogen-bond donors (Lipinski definition) is 0. The Labute approximate surface area is 214 Å². The number of ether oxygens (including phenoxy) is 4. The molecule has 0 radical (unpaired) electrons. The van der Waals surface area contributed by atoms with Gasteiger partial charge in [-0.2, -0.15) is 0 Å². The Hall–Kier alpha value is -3.64. The molecule has 2 aromatic carbocycles. The van der Waals surface area contributed by atoms with Crippen molar-refractivity contribution in [3.8, 4) is 5.75 Å². The number of benzene rings is 2. The highest BCUT2D eigenvalue weighted by atomic mass is 35.5. The number of alkyl halides is 3. The summed E-state index contributed by atoms with van der Waals surface area (Å²) in [5, 5.41) is 0.418. The second-order valence-corrected chi connectivity index (χ2v) is 8.07. The lowest BCUT2D eigenvalue weighted by Gasteiger charge is -2.27. The van der Waals surface area contributed by atoms with Crippen LogP contribution in [0.25, 0.3) is 0 Å². The maximum atomic E-state index is 13.1. The number of methoxy groups -OCH3 is 2. The average Bonchev–Trinajstić information content (AvgIpc) is 3.15. The largest absolute Gasteiger partial charge is 0.573 e. The van der Waals surface area contributed by atoms with Crippen LogP contribution < -0.4 is 9.64 Å². The summed E-state index contributed by atoms with van der Waals surface area (Å²) in [5.41, 5.74) is -0.477. The molecule has 13 heteroatoms. The van der Waals surface area contributed by atoms with Gasteiger partial charge in [-0.15, -0.1) is 13.2 Å². The molecule has 1 atom stereocenters. The molecule has 1 unspecified atom stereocenters. The molecule has 0 N–H and O–H groups in total. The second-order valence-electron chi connectivity index (χ2n) is 7.64. The van der Waals surface area contributed by atoms with Gasteiger partial charge in [-0.3, -0.25) is 9.79 Å². The van der Waals surface area contributed by atoms with Crippen LogP contribution in [0.1, 0.15) is 18.1 Å². The zero-order valence-corrected chi connectivity index (χ0v) is 20.7. The van der Waals surface area contributed by atoms with E-state index in [9.17, 15) is 27.6 Å². The number of carbonyl (C=O) groups excluding carboxylic acids is 3. The third kappa shape index (κ3) is 6.03. The molecule has 1 aliphatic carbocycles. The molecular formula is C24H22ClF3N2O7. The van der Waals surface area contributed by atoms with E-state index in [-0.39, 0.29) is 24.4 Å². The van der Waals surface area contributed by atoms with E-state index < -0.39 is 42.2 Å². The van der Waals surface area contributed by atoms with Crippen molar-refractivity contribution in [1.82, 2.24) is 0 Å². The van der Waals surface area contributed by atoms with E-state index in [2.05, 4.69) is 14.5 Å². The maximum Gasteiger partial charge on any atom is 0.573 e. The van der Waals surface area contributed by atoms with Crippen molar-refractivity contribution in [3.63, 3.8) is 0 Å². The van der Waals surface area contributed by atoms with Crippen molar-refractivity contribution in [2.24, 2.45) is 4.99 Å². The third-order valence-corrected chi connectivity index (χ3v) is 5.59. The summed E-state index contributed by atoms with van der Waals surface area (Å²) >= 11 is 6.11. The molecule has 0 aliphatic heterocycles. The standard InChI is InChI=1S/C24H22ClF3N2O7/c1-4-36-23(21(32)34-2)12-14-11-15(25)5-10-18(14)20(23)29-13-19(31)30(22(33)35-3)16-6-8-17(9-7-16)37-24(26,27)28/h5-11H,4,12-13H2,1-3H3/b29-20-. The second kappa shape index (κ2) is 11.2. The fourth-order valence-corrected chi connectivity index (χ4v) is 4.13. The number of nitrogens with zero attached hydrogens (tertiary/aromatic N) is 2. The first-order chi connectivity index (χ1) is 17.5. The van der Waals surface area contributed by atoms with Gasteiger partial charge in [-0.1, -0.05) is 17.7 Å². The van der Waals surface area contributed by atoms with Crippen LogP contribution in [-0.4, -0.2) is 63.0 Å². The predicted molar refractivity (Wildman–Crippen MR) is 126 cm³/mol. The van der Waals surface area contributed by atoms with Crippen molar-refractivity contribution in [2.45, 2.75) is 25.3 Å². The van der Waals surface area contributed by atoms with Crippen molar-refractivity contribution in [1.29, 1.82) is 0 Å². The number of carbonyl (C=O) groups is 3. The van der Waals surface area contributed by atoms with Gasteiger partial charge < -0.3 is 18.9 Å². The van der Waals surface area contributed by atoms with Gasteiger partial charge in [-0.25, -0.2) is 14.5 Å². The lowest BCUT2D eigenvalue weighted by Crippen LogP contribution is -2.49. The molecule has 2 amide bonds. The van der Waals surface area contributed by atoms with Crippen LogP contribution in [0, 0.1) is 0 Å². The molecule has 3 rings (SSSR count). The maximum absolute atomic E-state index is 13.1. The van der Waals surface area contributed by atoms with Gasteiger partial charge in [-0.05, 0) is 48.9 Å². The number of hydrogen-bond acceptors (Lipinski definition) is 8.